The lowest BCUT2D eigenvalue weighted by Gasteiger charge is -2.32. The number of nitrogens with zero attached hydrogens (tertiary/aromatic N) is 3. The zero-order valence-electron chi connectivity index (χ0n) is 25.1. The Balaban J connectivity index is 0.00000552. The van der Waals surface area contributed by atoms with Crippen molar-refractivity contribution in [1.82, 2.24) is 10.2 Å². The molecular weight excluding hydrogens is 604 g/mol. The number of nitrogens with one attached hydrogen (secondary N) is 1. The Morgan fingerprint density at radius 2 is 1.47 bits per heavy atom. The van der Waals surface area contributed by atoms with Crippen molar-refractivity contribution in [3.63, 3.8) is 0 Å². The Morgan fingerprint density at radius 1 is 0.867 bits per heavy atom. The van der Waals surface area contributed by atoms with Gasteiger partial charge in [0.15, 0.2) is 0 Å². The highest BCUT2D eigenvalue weighted by Gasteiger charge is 2.39. The van der Waals surface area contributed by atoms with E-state index in [-0.39, 0.29) is 41.5 Å². The standard InChI is InChI=1S/C32H32N4O8.ClH/c1-20-28(31(37)43-4)30(24-11-8-12-26(17-24)36(41)42)29(21(2)33-20)32(38)44-27(23-13-15-25(16-14-23)35(39)40)19-34(3)18-22-9-6-5-7-10-22;/h5-17,27,30,33H,18-19H2,1-4H3;1H. The van der Waals surface area contributed by atoms with Crippen molar-refractivity contribution in [2.75, 3.05) is 20.7 Å². The SMILES string of the molecule is COC(=O)C1=C(C)NC(C)=C(C(=O)OC(CN(C)Cc2ccccc2)c2ccc([N+](=O)[O-])cc2)C1c1cccc([N+](=O)[O-])c1.Cl. The first-order valence-corrected chi connectivity index (χ1v) is 13.7. The molecule has 2 unspecified atom stereocenters. The fourth-order valence-corrected chi connectivity index (χ4v) is 5.25. The summed E-state index contributed by atoms with van der Waals surface area (Å²) in [7, 11) is 3.07. The summed E-state index contributed by atoms with van der Waals surface area (Å²) in [5.41, 5.74) is 2.59. The molecule has 45 heavy (non-hydrogen) atoms. The van der Waals surface area contributed by atoms with Crippen LogP contribution in [0, 0.1) is 20.2 Å². The Morgan fingerprint density at radius 3 is 2.04 bits per heavy atom. The van der Waals surface area contributed by atoms with E-state index in [4.69, 9.17) is 9.47 Å². The first-order valence-electron chi connectivity index (χ1n) is 13.7. The average molecular weight is 637 g/mol. The second-order valence-electron chi connectivity index (χ2n) is 10.4. The van der Waals surface area contributed by atoms with Crippen LogP contribution in [-0.4, -0.2) is 47.4 Å². The van der Waals surface area contributed by atoms with Crippen LogP contribution in [-0.2, 0) is 25.6 Å². The third-order valence-electron chi connectivity index (χ3n) is 7.30. The normalized spacial score (nSPS) is 15.1. The molecule has 13 heteroatoms. The number of nitro benzene ring substituents is 2. The minimum Gasteiger partial charge on any atom is -0.466 e. The topological polar surface area (TPSA) is 154 Å². The largest absolute Gasteiger partial charge is 0.466 e. The summed E-state index contributed by atoms with van der Waals surface area (Å²) >= 11 is 0. The maximum absolute atomic E-state index is 14.1. The van der Waals surface area contributed by atoms with Gasteiger partial charge in [-0.2, -0.15) is 0 Å². The molecule has 12 nitrogen and oxygen atoms in total. The van der Waals surface area contributed by atoms with Crippen LogP contribution in [0.5, 0.6) is 0 Å². The Kier molecular flexibility index (Phi) is 11.5. The maximum Gasteiger partial charge on any atom is 0.337 e. The molecule has 1 aliphatic heterocycles. The predicted octanol–water partition coefficient (Wildman–Crippen LogP) is 5.75. The van der Waals surface area contributed by atoms with Gasteiger partial charge >= 0.3 is 11.9 Å². The summed E-state index contributed by atoms with van der Waals surface area (Å²) in [5, 5.41) is 25.9. The van der Waals surface area contributed by atoms with Crippen LogP contribution in [0.2, 0.25) is 0 Å². The number of allylic oxidation sites excluding steroid dienone is 2. The number of methoxy groups -OCH3 is 1. The number of halogens is 1. The van der Waals surface area contributed by atoms with Gasteiger partial charge in [0, 0.05) is 48.7 Å². The Hall–Kier alpha value is -5.07. The minimum absolute atomic E-state index is 0. The van der Waals surface area contributed by atoms with Gasteiger partial charge in [-0.3, -0.25) is 25.1 Å². The minimum atomic E-state index is -1.03. The summed E-state index contributed by atoms with van der Waals surface area (Å²) in [6.45, 7) is 4.08. The molecule has 3 aromatic rings. The number of hydrogen-bond donors (Lipinski definition) is 1. The molecule has 0 spiro atoms. The summed E-state index contributed by atoms with van der Waals surface area (Å²) in [5.74, 6) is -2.51. The van der Waals surface area contributed by atoms with Crippen molar-refractivity contribution in [3.8, 4) is 0 Å². The fraction of sp³-hybridized carbons (Fsp3) is 0.250. The van der Waals surface area contributed by atoms with Gasteiger partial charge in [0.05, 0.1) is 34.0 Å². The number of hydrogen-bond acceptors (Lipinski definition) is 10. The number of esters is 2. The molecule has 1 N–H and O–H groups in total. The number of carbonyl (C=O) groups is 2. The van der Waals surface area contributed by atoms with E-state index in [0.717, 1.165) is 5.56 Å². The summed E-state index contributed by atoms with van der Waals surface area (Å²) in [6, 6.07) is 21.2. The molecule has 0 saturated carbocycles. The number of benzene rings is 3. The second kappa shape index (κ2) is 15.1. The van der Waals surface area contributed by atoms with Gasteiger partial charge in [-0.25, -0.2) is 9.59 Å². The van der Waals surface area contributed by atoms with E-state index in [1.54, 1.807) is 19.9 Å². The van der Waals surface area contributed by atoms with E-state index < -0.39 is 33.8 Å². The van der Waals surface area contributed by atoms with Gasteiger partial charge in [-0.15, -0.1) is 12.4 Å². The van der Waals surface area contributed by atoms with E-state index >= 15 is 0 Å². The fourth-order valence-electron chi connectivity index (χ4n) is 5.25. The van der Waals surface area contributed by atoms with Crippen molar-refractivity contribution in [2.45, 2.75) is 32.4 Å². The van der Waals surface area contributed by atoms with E-state index in [1.807, 2.05) is 42.3 Å². The number of non-ortho nitro benzene ring substituents is 2. The van der Waals surface area contributed by atoms with Gasteiger partial charge < -0.3 is 14.8 Å². The number of ether oxygens (including phenoxy) is 2. The first kappa shape index (κ1) is 34.4. The first-order chi connectivity index (χ1) is 21.0. The van der Waals surface area contributed by atoms with Gasteiger partial charge in [-0.05, 0) is 49.7 Å². The third kappa shape index (κ3) is 8.11. The van der Waals surface area contributed by atoms with Gasteiger partial charge in [0.2, 0.25) is 0 Å². The number of dihydropyridines is 1. The van der Waals surface area contributed by atoms with Crippen molar-refractivity contribution in [1.29, 1.82) is 0 Å². The smallest absolute Gasteiger partial charge is 0.337 e. The quantitative estimate of drug-likeness (QED) is 0.156. The number of nitro groups is 2. The Bertz CT molecular complexity index is 1640. The van der Waals surface area contributed by atoms with Crippen molar-refractivity contribution >= 4 is 35.7 Å². The third-order valence-corrected chi connectivity index (χ3v) is 7.30. The van der Waals surface area contributed by atoms with Crippen LogP contribution >= 0.6 is 12.4 Å². The zero-order valence-corrected chi connectivity index (χ0v) is 25.9. The molecule has 4 rings (SSSR count). The molecule has 0 aromatic heterocycles. The molecule has 0 bridgehead atoms. The Labute approximate surface area is 266 Å². The molecule has 1 heterocycles. The van der Waals surface area contributed by atoms with Gasteiger partial charge in [-0.1, -0.05) is 42.5 Å². The average Bonchev–Trinajstić information content (AvgIpc) is 3.00. The molecule has 0 amide bonds. The van der Waals surface area contributed by atoms with E-state index in [0.29, 0.717) is 29.1 Å². The van der Waals surface area contributed by atoms with Gasteiger partial charge in [0.1, 0.15) is 6.10 Å². The van der Waals surface area contributed by atoms with Crippen LogP contribution in [0.15, 0.2) is 101 Å². The molecular formula is C32H33ClN4O8. The van der Waals surface area contributed by atoms with Crippen LogP contribution in [0.1, 0.15) is 42.6 Å². The van der Waals surface area contributed by atoms with Crippen LogP contribution in [0.25, 0.3) is 0 Å². The molecule has 2 atom stereocenters. The zero-order chi connectivity index (χ0) is 32.0. The molecule has 0 fully saturated rings. The number of rotatable bonds is 11. The lowest BCUT2D eigenvalue weighted by molar-refractivity contribution is -0.385. The van der Waals surface area contributed by atoms with E-state index in [9.17, 15) is 29.8 Å². The van der Waals surface area contributed by atoms with E-state index in [2.05, 4.69) is 5.32 Å². The molecule has 0 saturated heterocycles. The van der Waals surface area contributed by atoms with E-state index in [1.165, 1.54) is 49.6 Å². The van der Waals surface area contributed by atoms with Crippen molar-refractivity contribution in [3.05, 3.63) is 138 Å². The van der Waals surface area contributed by atoms with Crippen LogP contribution in [0.4, 0.5) is 11.4 Å². The molecule has 3 aromatic carbocycles. The predicted molar refractivity (Wildman–Crippen MR) is 168 cm³/mol. The van der Waals surface area contributed by atoms with Gasteiger partial charge in [0.25, 0.3) is 11.4 Å². The maximum atomic E-state index is 14.1. The van der Waals surface area contributed by atoms with Crippen molar-refractivity contribution in [2.24, 2.45) is 0 Å². The highest BCUT2D eigenvalue weighted by Crippen LogP contribution is 2.41. The molecule has 0 aliphatic carbocycles. The number of carbonyl (C=O) groups excluding carboxylic acids is 2. The second-order valence-corrected chi connectivity index (χ2v) is 10.4. The molecule has 0 radical (unpaired) electrons. The highest BCUT2D eigenvalue weighted by atomic mass is 35.5. The summed E-state index contributed by atoms with van der Waals surface area (Å²) in [4.78, 5) is 50.9. The summed E-state index contributed by atoms with van der Waals surface area (Å²) < 4.78 is 11.2. The lowest BCUT2D eigenvalue weighted by Crippen LogP contribution is -2.34. The highest BCUT2D eigenvalue weighted by molar-refractivity contribution is 6.00. The summed E-state index contributed by atoms with van der Waals surface area (Å²) in [6.07, 6.45) is -0.864. The monoisotopic (exact) mass is 636 g/mol. The van der Waals surface area contributed by atoms with Crippen LogP contribution in [0.3, 0.4) is 0 Å². The number of likely N-dealkylation sites (N-methyl/N-ethyl adjacent to an activating group) is 1. The molecule has 1 aliphatic rings. The van der Waals surface area contributed by atoms with Crippen LogP contribution < -0.4 is 5.32 Å². The molecule has 236 valence electrons. The van der Waals surface area contributed by atoms with Crippen molar-refractivity contribution < 1.29 is 28.9 Å². The lowest BCUT2D eigenvalue weighted by atomic mass is 9.80.